The number of nitrogens with zero attached hydrogens (tertiary/aromatic N) is 1. The lowest BCUT2D eigenvalue weighted by atomic mass is 9.82. The number of para-hydroxylation sites is 1. The van der Waals surface area contributed by atoms with Crippen molar-refractivity contribution in [2.75, 3.05) is 4.90 Å². The van der Waals surface area contributed by atoms with Gasteiger partial charge in [-0.1, -0.05) is 129 Å². The summed E-state index contributed by atoms with van der Waals surface area (Å²) in [6, 6.07) is 63.7. The number of anilines is 3. The first-order chi connectivity index (χ1) is 25.0. The monoisotopic (exact) mass is 653 g/mol. The van der Waals surface area contributed by atoms with Crippen LogP contribution in [-0.2, 0) is 5.41 Å². The third-order valence-corrected chi connectivity index (χ3v) is 10.9. The maximum Gasteiger partial charge on any atom is 0.135 e. The summed E-state index contributed by atoms with van der Waals surface area (Å²) in [5, 5.41) is 2.42. The van der Waals surface area contributed by atoms with Gasteiger partial charge in [0.2, 0.25) is 0 Å². The van der Waals surface area contributed by atoms with Crippen LogP contribution < -0.4 is 9.64 Å². The van der Waals surface area contributed by atoms with Gasteiger partial charge in [0.05, 0.1) is 0 Å². The third-order valence-electron chi connectivity index (χ3n) is 10.9. The highest BCUT2D eigenvalue weighted by Crippen LogP contribution is 2.52. The zero-order valence-electron chi connectivity index (χ0n) is 28.6. The van der Waals surface area contributed by atoms with Crippen molar-refractivity contribution in [3.8, 4) is 56.0 Å². The highest BCUT2D eigenvalue weighted by atomic mass is 16.5. The van der Waals surface area contributed by atoms with Gasteiger partial charge < -0.3 is 9.64 Å². The van der Waals surface area contributed by atoms with Crippen molar-refractivity contribution in [2.24, 2.45) is 0 Å². The molecule has 0 radical (unpaired) electrons. The van der Waals surface area contributed by atoms with Crippen LogP contribution in [-0.4, -0.2) is 0 Å². The molecule has 0 saturated heterocycles. The molecule has 2 heteroatoms. The van der Waals surface area contributed by atoms with Crippen LogP contribution in [0.2, 0.25) is 0 Å². The fourth-order valence-corrected chi connectivity index (χ4v) is 8.25. The fourth-order valence-electron chi connectivity index (χ4n) is 8.25. The van der Waals surface area contributed by atoms with Crippen LogP contribution in [0.5, 0.6) is 11.5 Å². The molecule has 10 rings (SSSR count). The lowest BCUT2D eigenvalue weighted by Crippen LogP contribution is -2.16. The highest BCUT2D eigenvalue weighted by Gasteiger charge is 2.36. The van der Waals surface area contributed by atoms with Gasteiger partial charge in [-0.3, -0.25) is 0 Å². The number of hydrogen-bond acceptors (Lipinski definition) is 2. The van der Waals surface area contributed by atoms with E-state index in [9.17, 15) is 0 Å². The van der Waals surface area contributed by atoms with E-state index < -0.39 is 0 Å². The Morgan fingerprint density at radius 1 is 0.373 bits per heavy atom. The molecule has 0 bridgehead atoms. The number of rotatable bonds is 4. The van der Waals surface area contributed by atoms with E-state index in [1.54, 1.807) is 0 Å². The number of fused-ring (bicyclic) bond motifs is 9. The largest absolute Gasteiger partial charge is 0.456 e. The Labute approximate surface area is 298 Å². The molecule has 0 aromatic heterocycles. The normalized spacial score (nSPS) is 13.2. The second-order valence-electron chi connectivity index (χ2n) is 14.2. The van der Waals surface area contributed by atoms with Gasteiger partial charge in [0, 0.05) is 33.6 Å². The van der Waals surface area contributed by atoms with E-state index in [2.05, 4.69) is 189 Å². The van der Waals surface area contributed by atoms with Gasteiger partial charge in [0.25, 0.3) is 0 Å². The zero-order chi connectivity index (χ0) is 34.1. The molecule has 0 unspecified atom stereocenters. The molecular formula is C49H35NO. The Bertz CT molecular complexity index is 2630. The molecule has 1 aliphatic carbocycles. The molecule has 1 heterocycles. The summed E-state index contributed by atoms with van der Waals surface area (Å²) in [6.07, 6.45) is 0. The third kappa shape index (κ3) is 4.71. The maximum atomic E-state index is 6.73. The first-order valence-electron chi connectivity index (χ1n) is 17.7. The maximum absolute atomic E-state index is 6.73. The van der Waals surface area contributed by atoms with Gasteiger partial charge >= 0.3 is 0 Å². The Hall–Kier alpha value is -6.38. The number of benzene rings is 8. The molecule has 8 aromatic rings. The first kappa shape index (κ1) is 29.5. The van der Waals surface area contributed by atoms with Crippen molar-refractivity contribution in [3.63, 3.8) is 0 Å². The highest BCUT2D eigenvalue weighted by molar-refractivity contribution is 6.00. The quantitative estimate of drug-likeness (QED) is 0.187. The predicted octanol–water partition coefficient (Wildman–Crippen LogP) is 13.7. The molecule has 0 atom stereocenters. The molecule has 1 aliphatic heterocycles. The molecule has 51 heavy (non-hydrogen) atoms. The Balaban J connectivity index is 1.18. The molecule has 0 amide bonds. The standard InChI is InChI=1S/C49H35NO/c1-49(2)45-18-10-8-16-39(45)40-26-24-38(31-46(40)49)50(36-22-20-33(21-23-36)32-12-4-3-5-13-32)37-25-27-48-44(30-37)43-29-35-15-7-6-14-34(35)28-42(43)41-17-9-11-19-47(41)51-48/h3-31H,1-2H3. The minimum atomic E-state index is -0.113. The first-order valence-corrected chi connectivity index (χ1v) is 17.7. The average Bonchev–Trinajstić information content (AvgIpc) is 3.32. The SMILES string of the molecule is CC1(C)c2ccccc2-c2ccc(N(c3ccc(-c4ccccc4)cc3)c3ccc4c(c3)-c3cc5ccccc5cc3-c3ccccc3O4)cc21. The lowest BCUT2D eigenvalue weighted by Gasteiger charge is -2.29. The van der Waals surface area contributed by atoms with Crippen LogP contribution in [0.4, 0.5) is 17.1 Å². The van der Waals surface area contributed by atoms with Gasteiger partial charge in [0.15, 0.2) is 0 Å². The molecule has 8 aromatic carbocycles. The molecule has 2 nitrogen and oxygen atoms in total. The fraction of sp³-hybridized carbons (Fsp3) is 0.0612. The molecule has 0 spiro atoms. The minimum absolute atomic E-state index is 0.113. The van der Waals surface area contributed by atoms with Gasteiger partial charge in [-0.25, -0.2) is 0 Å². The van der Waals surface area contributed by atoms with E-state index in [0.717, 1.165) is 39.7 Å². The summed E-state index contributed by atoms with van der Waals surface area (Å²) >= 11 is 0. The van der Waals surface area contributed by atoms with Crippen molar-refractivity contribution in [1.29, 1.82) is 0 Å². The van der Waals surface area contributed by atoms with Crippen LogP contribution in [0.15, 0.2) is 176 Å². The second kappa shape index (κ2) is 11.3. The predicted molar refractivity (Wildman–Crippen MR) is 213 cm³/mol. The summed E-state index contributed by atoms with van der Waals surface area (Å²) in [6.45, 7) is 4.69. The van der Waals surface area contributed by atoms with Crippen LogP contribution in [0, 0.1) is 0 Å². The Morgan fingerprint density at radius 3 is 1.71 bits per heavy atom. The zero-order valence-corrected chi connectivity index (χ0v) is 28.6. The van der Waals surface area contributed by atoms with Crippen molar-refractivity contribution in [3.05, 3.63) is 187 Å². The topological polar surface area (TPSA) is 12.5 Å². The van der Waals surface area contributed by atoms with Crippen LogP contribution in [0.25, 0.3) is 55.3 Å². The minimum Gasteiger partial charge on any atom is -0.456 e. The lowest BCUT2D eigenvalue weighted by molar-refractivity contribution is 0.488. The van der Waals surface area contributed by atoms with Crippen LogP contribution in [0.3, 0.4) is 0 Å². The van der Waals surface area contributed by atoms with Crippen molar-refractivity contribution in [2.45, 2.75) is 19.3 Å². The van der Waals surface area contributed by atoms with Gasteiger partial charge in [-0.05, 0) is 116 Å². The van der Waals surface area contributed by atoms with E-state index in [-0.39, 0.29) is 5.41 Å². The van der Waals surface area contributed by atoms with E-state index in [1.807, 2.05) is 6.07 Å². The van der Waals surface area contributed by atoms with Crippen molar-refractivity contribution < 1.29 is 4.74 Å². The smallest absolute Gasteiger partial charge is 0.135 e. The average molecular weight is 654 g/mol. The summed E-state index contributed by atoms with van der Waals surface area (Å²) < 4.78 is 6.73. The molecule has 0 N–H and O–H groups in total. The summed E-state index contributed by atoms with van der Waals surface area (Å²) in [5.41, 5.74) is 15.5. The van der Waals surface area contributed by atoms with Crippen molar-refractivity contribution in [1.82, 2.24) is 0 Å². The summed E-state index contributed by atoms with van der Waals surface area (Å²) in [4.78, 5) is 2.40. The van der Waals surface area contributed by atoms with Gasteiger partial charge in [-0.2, -0.15) is 0 Å². The number of hydrogen-bond donors (Lipinski definition) is 0. The molecule has 242 valence electrons. The Kier molecular flexibility index (Phi) is 6.56. The molecule has 2 aliphatic rings. The van der Waals surface area contributed by atoms with Gasteiger partial charge in [-0.15, -0.1) is 0 Å². The van der Waals surface area contributed by atoms with Crippen LogP contribution >= 0.6 is 0 Å². The van der Waals surface area contributed by atoms with E-state index in [4.69, 9.17) is 4.74 Å². The number of ether oxygens (including phenoxy) is 1. The Morgan fingerprint density at radius 2 is 0.922 bits per heavy atom. The summed E-state index contributed by atoms with van der Waals surface area (Å²) in [5.74, 6) is 1.72. The van der Waals surface area contributed by atoms with E-state index >= 15 is 0 Å². The molecular weight excluding hydrogens is 619 g/mol. The van der Waals surface area contributed by atoms with E-state index in [0.29, 0.717) is 0 Å². The van der Waals surface area contributed by atoms with Crippen molar-refractivity contribution >= 4 is 27.8 Å². The molecule has 0 fully saturated rings. The molecule has 0 saturated carbocycles. The second-order valence-corrected chi connectivity index (χ2v) is 14.2. The van der Waals surface area contributed by atoms with E-state index in [1.165, 1.54) is 55.3 Å². The van der Waals surface area contributed by atoms with Gasteiger partial charge in [0.1, 0.15) is 11.5 Å². The van der Waals surface area contributed by atoms with Crippen LogP contribution in [0.1, 0.15) is 25.0 Å². The summed E-state index contributed by atoms with van der Waals surface area (Å²) in [7, 11) is 0.